The minimum atomic E-state index is -0.711. The highest BCUT2D eigenvalue weighted by molar-refractivity contribution is 6.68. The second-order valence-electron chi connectivity index (χ2n) is 1.44. The standard InChI is InChI=1S/C4H4N4O/c5-3-2(4(6)9)7-1-8-3/h1,5H,(H2,6,9). The van der Waals surface area contributed by atoms with Crippen LogP contribution in [0.3, 0.4) is 0 Å². The average Bonchev–Trinajstić information content (AvgIpc) is 2.13. The van der Waals surface area contributed by atoms with Crippen molar-refractivity contribution in [1.29, 1.82) is 5.41 Å². The zero-order valence-electron chi connectivity index (χ0n) is 4.46. The summed E-state index contributed by atoms with van der Waals surface area (Å²) in [5.41, 5.74) is 4.72. The Morgan fingerprint density at radius 2 is 2.44 bits per heavy atom. The van der Waals surface area contributed by atoms with E-state index in [0.717, 1.165) is 6.34 Å². The van der Waals surface area contributed by atoms with Gasteiger partial charge in [0.2, 0.25) is 0 Å². The fourth-order valence-electron chi connectivity index (χ4n) is 0.447. The third kappa shape index (κ3) is 0.835. The highest BCUT2D eigenvalue weighted by atomic mass is 16.1. The predicted molar refractivity (Wildman–Crippen MR) is 32.8 cm³/mol. The number of rotatable bonds is 1. The van der Waals surface area contributed by atoms with Crippen molar-refractivity contribution >= 4 is 23.8 Å². The monoisotopic (exact) mass is 124 g/mol. The molecule has 0 aromatic heterocycles. The number of nitrogens with one attached hydrogen (secondary N) is 1. The summed E-state index contributed by atoms with van der Waals surface area (Å²) >= 11 is 0. The molecule has 0 bridgehead atoms. The molecule has 46 valence electrons. The molecule has 0 atom stereocenters. The molecule has 0 aromatic rings. The fourth-order valence-corrected chi connectivity index (χ4v) is 0.447. The van der Waals surface area contributed by atoms with Crippen LogP contribution in [0.2, 0.25) is 0 Å². The maximum Gasteiger partial charge on any atom is 0.271 e. The molecule has 1 aliphatic rings. The average molecular weight is 124 g/mol. The quantitative estimate of drug-likeness (QED) is 0.457. The van der Waals surface area contributed by atoms with E-state index in [1.807, 2.05) is 0 Å². The first-order valence-electron chi connectivity index (χ1n) is 2.21. The van der Waals surface area contributed by atoms with Crippen molar-refractivity contribution in [1.82, 2.24) is 0 Å². The Hall–Kier alpha value is -1.52. The van der Waals surface area contributed by atoms with Crippen molar-refractivity contribution in [2.45, 2.75) is 0 Å². The van der Waals surface area contributed by atoms with Gasteiger partial charge in [-0.3, -0.25) is 10.2 Å². The molecule has 0 aromatic carbocycles. The maximum atomic E-state index is 10.3. The molecule has 0 fully saturated rings. The maximum absolute atomic E-state index is 10.3. The zero-order chi connectivity index (χ0) is 6.85. The lowest BCUT2D eigenvalue weighted by Gasteiger charge is -1.87. The predicted octanol–water partition coefficient (Wildman–Crippen LogP) is -1.07. The van der Waals surface area contributed by atoms with Gasteiger partial charge in [0, 0.05) is 0 Å². The molecule has 0 spiro atoms. The summed E-state index contributed by atoms with van der Waals surface area (Å²) in [4.78, 5) is 17.1. The third-order valence-corrected chi connectivity index (χ3v) is 0.831. The molecule has 0 unspecified atom stereocenters. The van der Waals surface area contributed by atoms with E-state index in [2.05, 4.69) is 9.98 Å². The lowest BCUT2D eigenvalue weighted by Crippen LogP contribution is -2.27. The van der Waals surface area contributed by atoms with Crippen molar-refractivity contribution in [3.05, 3.63) is 0 Å². The topological polar surface area (TPSA) is 91.7 Å². The van der Waals surface area contributed by atoms with Gasteiger partial charge >= 0.3 is 0 Å². The van der Waals surface area contributed by atoms with Gasteiger partial charge in [-0.15, -0.1) is 0 Å². The van der Waals surface area contributed by atoms with E-state index < -0.39 is 5.91 Å². The van der Waals surface area contributed by atoms with Crippen LogP contribution in [0.4, 0.5) is 0 Å². The molecule has 1 rings (SSSR count). The smallest absolute Gasteiger partial charge is 0.271 e. The van der Waals surface area contributed by atoms with Crippen LogP contribution in [0.15, 0.2) is 9.98 Å². The van der Waals surface area contributed by atoms with Crippen LogP contribution >= 0.6 is 0 Å². The van der Waals surface area contributed by atoms with E-state index in [9.17, 15) is 4.79 Å². The van der Waals surface area contributed by atoms with E-state index in [4.69, 9.17) is 11.1 Å². The van der Waals surface area contributed by atoms with Gasteiger partial charge in [0.1, 0.15) is 6.34 Å². The van der Waals surface area contributed by atoms with E-state index in [0.29, 0.717) is 0 Å². The Morgan fingerprint density at radius 3 is 2.67 bits per heavy atom. The first-order chi connectivity index (χ1) is 4.22. The first-order valence-corrected chi connectivity index (χ1v) is 2.21. The van der Waals surface area contributed by atoms with Gasteiger partial charge in [-0.1, -0.05) is 0 Å². The Kier molecular flexibility index (Phi) is 1.11. The Labute approximate surface area is 50.8 Å². The molecule has 1 heterocycles. The van der Waals surface area contributed by atoms with E-state index >= 15 is 0 Å². The number of amides is 1. The molecule has 0 aliphatic carbocycles. The number of hydrogen-bond donors (Lipinski definition) is 2. The number of carbonyl (C=O) groups excluding carboxylic acids is 1. The summed E-state index contributed by atoms with van der Waals surface area (Å²) in [6.07, 6.45) is 1.13. The summed E-state index contributed by atoms with van der Waals surface area (Å²) in [5.74, 6) is -0.875. The Balaban J connectivity index is 2.88. The van der Waals surface area contributed by atoms with Gasteiger partial charge in [0.05, 0.1) is 0 Å². The molecule has 0 saturated carbocycles. The minimum Gasteiger partial charge on any atom is -0.364 e. The zero-order valence-corrected chi connectivity index (χ0v) is 4.46. The number of aliphatic imine (C=N–C) groups is 2. The van der Waals surface area contributed by atoms with Crippen LogP contribution in [0.25, 0.3) is 0 Å². The van der Waals surface area contributed by atoms with Gasteiger partial charge in [-0.2, -0.15) is 0 Å². The number of nitrogens with zero attached hydrogens (tertiary/aromatic N) is 2. The highest BCUT2D eigenvalue weighted by Gasteiger charge is 2.14. The van der Waals surface area contributed by atoms with Gasteiger partial charge in [-0.05, 0) is 0 Å². The Bertz CT molecular complexity index is 227. The number of hydrogen-bond acceptors (Lipinski definition) is 3. The minimum absolute atomic E-state index is 0.0741. The number of amidine groups is 1. The van der Waals surface area contributed by atoms with E-state index in [1.54, 1.807) is 0 Å². The second kappa shape index (κ2) is 1.77. The van der Waals surface area contributed by atoms with Crippen molar-refractivity contribution in [3.8, 4) is 0 Å². The van der Waals surface area contributed by atoms with Crippen molar-refractivity contribution in [2.24, 2.45) is 15.7 Å². The first kappa shape index (κ1) is 5.61. The normalized spacial score (nSPS) is 16.0. The number of carbonyl (C=O) groups is 1. The number of nitrogens with two attached hydrogens (primary N) is 1. The highest BCUT2D eigenvalue weighted by Crippen LogP contribution is 1.89. The van der Waals surface area contributed by atoms with Crippen LogP contribution in [0.1, 0.15) is 0 Å². The summed E-state index contributed by atoms with van der Waals surface area (Å²) < 4.78 is 0. The van der Waals surface area contributed by atoms with Gasteiger partial charge < -0.3 is 5.73 Å². The summed E-state index contributed by atoms with van der Waals surface area (Å²) in [6, 6.07) is 0. The molecule has 0 saturated heterocycles. The largest absolute Gasteiger partial charge is 0.364 e. The molecular formula is C4H4N4O. The summed E-state index contributed by atoms with van der Waals surface area (Å²) in [7, 11) is 0. The van der Waals surface area contributed by atoms with Crippen LogP contribution in [0.5, 0.6) is 0 Å². The third-order valence-electron chi connectivity index (χ3n) is 0.831. The molecule has 1 amide bonds. The van der Waals surface area contributed by atoms with E-state index in [-0.39, 0.29) is 11.5 Å². The molecule has 9 heavy (non-hydrogen) atoms. The van der Waals surface area contributed by atoms with Crippen LogP contribution in [-0.2, 0) is 4.79 Å². The SMILES string of the molecule is N=C1N=CN=C1C(N)=O. The molecule has 3 N–H and O–H groups in total. The molecular weight excluding hydrogens is 120 g/mol. The lowest BCUT2D eigenvalue weighted by atomic mass is 10.3. The second-order valence-corrected chi connectivity index (χ2v) is 1.44. The molecule has 5 heteroatoms. The van der Waals surface area contributed by atoms with Crippen molar-refractivity contribution in [3.63, 3.8) is 0 Å². The summed E-state index contributed by atoms with van der Waals surface area (Å²) in [5, 5.41) is 6.91. The van der Waals surface area contributed by atoms with Crippen molar-refractivity contribution in [2.75, 3.05) is 0 Å². The summed E-state index contributed by atoms with van der Waals surface area (Å²) in [6.45, 7) is 0. The number of primary amides is 1. The van der Waals surface area contributed by atoms with Gasteiger partial charge in [0.15, 0.2) is 11.5 Å². The van der Waals surface area contributed by atoms with Crippen LogP contribution in [-0.4, -0.2) is 23.8 Å². The van der Waals surface area contributed by atoms with E-state index in [1.165, 1.54) is 0 Å². The Morgan fingerprint density at radius 1 is 1.78 bits per heavy atom. The molecule has 1 aliphatic heterocycles. The van der Waals surface area contributed by atoms with Crippen molar-refractivity contribution < 1.29 is 4.79 Å². The lowest BCUT2D eigenvalue weighted by molar-refractivity contribution is -0.111. The van der Waals surface area contributed by atoms with Crippen LogP contribution in [0, 0.1) is 5.41 Å². The van der Waals surface area contributed by atoms with Crippen LogP contribution < -0.4 is 5.73 Å². The van der Waals surface area contributed by atoms with Gasteiger partial charge in [-0.25, -0.2) is 9.98 Å². The molecule has 0 radical (unpaired) electrons. The molecule has 5 nitrogen and oxygen atoms in total. The fraction of sp³-hybridized carbons (Fsp3) is 0. The van der Waals surface area contributed by atoms with Gasteiger partial charge in [0.25, 0.3) is 5.91 Å².